The minimum atomic E-state index is -4.42. The van der Waals surface area contributed by atoms with Crippen LogP contribution in [0.5, 0.6) is 0 Å². The molecule has 0 radical (unpaired) electrons. The van der Waals surface area contributed by atoms with Crippen LogP contribution >= 0.6 is 11.6 Å². The number of nitriles is 1. The van der Waals surface area contributed by atoms with Crippen LogP contribution in [-0.2, 0) is 6.18 Å². The molecular weight excluding hydrogens is 409 g/mol. The molecule has 2 aromatic rings. The van der Waals surface area contributed by atoms with Crippen LogP contribution < -0.4 is 4.90 Å². The fourth-order valence-electron chi connectivity index (χ4n) is 3.98. The number of nitrogens with zero attached hydrogens (tertiary/aromatic N) is 2. The fraction of sp³-hybridized carbons (Fsp3) is 0.292. The molecule has 0 unspecified atom stereocenters. The van der Waals surface area contributed by atoms with E-state index in [2.05, 4.69) is 37.8 Å². The quantitative estimate of drug-likeness (QED) is 0.373. The van der Waals surface area contributed by atoms with E-state index < -0.39 is 11.7 Å². The second kappa shape index (κ2) is 7.85. The second-order valence-electron chi connectivity index (χ2n) is 7.86. The summed E-state index contributed by atoms with van der Waals surface area (Å²) in [4.78, 5) is 2.26. The summed E-state index contributed by atoms with van der Waals surface area (Å²) in [6, 6.07) is 10.5. The summed E-state index contributed by atoms with van der Waals surface area (Å²) in [5.74, 6) is 0. The highest BCUT2D eigenvalue weighted by Crippen LogP contribution is 2.42. The molecule has 2 aromatic carbocycles. The molecule has 0 aromatic heterocycles. The Morgan fingerprint density at radius 1 is 1.20 bits per heavy atom. The minimum absolute atomic E-state index is 0.148. The van der Waals surface area contributed by atoms with Gasteiger partial charge in [0.15, 0.2) is 0 Å². The molecule has 0 N–H and O–H groups in total. The van der Waals surface area contributed by atoms with Gasteiger partial charge in [0.2, 0.25) is 0 Å². The van der Waals surface area contributed by atoms with Crippen LogP contribution in [0.4, 0.5) is 18.9 Å². The van der Waals surface area contributed by atoms with E-state index in [4.69, 9.17) is 11.6 Å². The Labute approximate surface area is 179 Å². The molecule has 0 saturated carbocycles. The smallest absolute Gasteiger partial charge is 0.363 e. The number of alkyl halides is 3. The van der Waals surface area contributed by atoms with Gasteiger partial charge in [0.1, 0.15) is 0 Å². The summed E-state index contributed by atoms with van der Waals surface area (Å²) < 4.78 is 38.4. The van der Waals surface area contributed by atoms with Gasteiger partial charge in [0, 0.05) is 22.8 Å². The standard InChI is InChI=1S/C24H22ClF3N2/c1-5-30-22-12-21(25)17(11-20(22)15(2)13-23(30,3)4)10-18(14-29)16-6-8-19(9-7-16)24(26,27)28/h6-13H,5H2,1-4H3/b18-10+. The van der Waals surface area contributed by atoms with E-state index in [1.165, 1.54) is 12.1 Å². The molecule has 156 valence electrons. The first-order valence-electron chi connectivity index (χ1n) is 9.58. The van der Waals surface area contributed by atoms with Gasteiger partial charge < -0.3 is 4.90 Å². The van der Waals surface area contributed by atoms with Crippen LogP contribution in [0.3, 0.4) is 0 Å². The number of rotatable bonds is 3. The van der Waals surface area contributed by atoms with Crippen molar-refractivity contribution in [2.24, 2.45) is 0 Å². The second-order valence-corrected chi connectivity index (χ2v) is 8.27. The molecule has 3 rings (SSSR count). The predicted molar refractivity (Wildman–Crippen MR) is 117 cm³/mol. The molecule has 1 aliphatic heterocycles. The van der Waals surface area contributed by atoms with Gasteiger partial charge in [-0.1, -0.05) is 29.8 Å². The number of benzene rings is 2. The average Bonchev–Trinajstić information content (AvgIpc) is 2.66. The maximum absolute atomic E-state index is 12.8. The van der Waals surface area contributed by atoms with Crippen LogP contribution in [0.15, 0.2) is 42.5 Å². The Morgan fingerprint density at radius 3 is 2.37 bits per heavy atom. The number of fused-ring (bicyclic) bond motifs is 1. The lowest BCUT2D eigenvalue weighted by molar-refractivity contribution is -0.137. The Bertz CT molecular complexity index is 1070. The van der Waals surface area contributed by atoms with E-state index in [-0.39, 0.29) is 11.1 Å². The monoisotopic (exact) mass is 430 g/mol. The first-order valence-corrected chi connectivity index (χ1v) is 9.96. The summed E-state index contributed by atoms with van der Waals surface area (Å²) >= 11 is 6.55. The third-order valence-corrected chi connectivity index (χ3v) is 5.68. The van der Waals surface area contributed by atoms with Crippen LogP contribution in [0.2, 0.25) is 5.02 Å². The Kier molecular flexibility index (Phi) is 5.75. The Morgan fingerprint density at radius 2 is 1.83 bits per heavy atom. The zero-order valence-electron chi connectivity index (χ0n) is 17.2. The van der Waals surface area contributed by atoms with Crippen molar-refractivity contribution in [1.82, 2.24) is 0 Å². The SMILES string of the molecule is CCN1c2cc(Cl)c(/C=C(\C#N)c3ccc(C(F)(F)F)cc3)cc2C(C)=CC1(C)C. The topological polar surface area (TPSA) is 27.0 Å². The summed E-state index contributed by atoms with van der Waals surface area (Å²) in [6.07, 6.45) is -0.602. The lowest BCUT2D eigenvalue weighted by Crippen LogP contribution is -2.44. The predicted octanol–water partition coefficient (Wildman–Crippen LogP) is 7.44. The maximum Gasteiger partial charge on any atom is 0.416 e. The number of allylic oxidation sites excluding steroid dienone is 2. The van der Waals surface area contributed by atoms with Gasteiger partial charge in [-0.05, 0) is 74.7 Å². The molecule has 0 aliphatic carbocycles. The lowest BCUT2D eigenvalue weighted by atomic mass is 9.87. The third-order valence-electron chi connectivity index (χ3n) is 5.36. The number of anilines is 1. The van der Waals surface area contributed by atoms with Gasteiger partial charge in [-0.3, -0.25) is 0 Å². The van der Waals surface area contributed by atoms with Gasteiger partial charge >= 0.3 is 6.18 Å². The number of hydrogen-bond donors (Lipinski definition) is 0. The first-order chi connectivity index (χ1) is 14.0. The van der Waals surface area contributed by atoms with Crippen molar-refractivity contribution in [3.63, 3.8) is 0 Å². The number of halogens is 4. The molecule has 0 bridgehead atoms. The van der Waals surface area contributed by atoms with Crippen molar-refractivity contribution in [2.45, 2.75) is 39.4 Å². The van der Waals surface area contributed by atoms with Crippen LogP contribution in [-0.4, -0.2) is 12.1 Å². The van der Waals surface area contributed by atoms with Gasteiger partial charge in [0.25, 0.3) is 0 Å². The largest absolute Gasteiger partial charge is 0.416 e. The van der Waals surface area contributed by atoms with E-state index in [1.54, 1.807) is 6.08 Å². The average molecular weight is 431 g/mol. The first kappa shape index (κ1) is 22.0. The van der Waals surface area contributed by atoms with Crippen molar-refractivity contribution in [1.29, 1.82) is 5.26 Å². The van der Waals surface area contributed by atoms with E-state index in [1.807, 2.05) is 19.1 Å². The van der Waals surface area contributed by atoms with Crippen LogP contribution in [0.25, 0.3) is 17.2 Å². The molecule has 0 spiro atoms. The van der Waals surface area contributed by atoms with Gasteiger partial charge in [-0.2, -0.15) is 18.4 Å². The van der Waals surface area contributed by atoms with E-state index in [0.717, 1.165) is 35.5 Å². The van der Waals surface area contributed by atoms with Gasteiger partial charge in [-0.15, -0.1) is 0 Å². The van der Waals surface area contributed by atoms with Crippen molar-refractivity contribution in [3.8, 4) is 6.07 Å². The number of hydrogen-bond acceptors (Lipinski definition) is 2. The summed E-state index contributed by atoms with van der Waals surface area (Å²) in [5, 5.41) is 10.1. The van der Waals surface area contributed by atoms with Gasteiger partial charge in [-0.25, -0.2) is 0 Å². The van der Waals surface area contributed by atoms with Crippen molar-refractivity contribution < 1.29 is 13.2 Å². The molecule has 0 saturated heterocycles. The fourth-order valence-corrected chi connectivity index (χ4v) is 4.19. The third kappa shape index (κ3) is 4.11. The normalized spacial score (nSPS) is 16.0. The van der Waals surface area contributed by atoms with E-state index in [0.29, 0.717) is 16.1 Å². The van der Waals surface area contributed by atoms with E-state index >= 15 is 0 Å². The molecule has 0 amide bonds. The zero-order chi connectivity index (χ0) is 22.3. The summed E-state index contributed by atoms with van der Waals surface area (Å²) in [5.41, 5.74) is 3.56. The minimum Gasteiger partial charge on any atom is -0.363 e. The summed E-state index contributed by atoms with van der Waals surface area (Å²) in [6.45, 7) is 9.21. The molecule has 0 fully saturated rings. The molecule has 1 aliphatic rings. The van der Waals surface area contributed by atoms with Gasteiger partial charge in [0.05, 0.1) is 22.7 Å². The Hall–Kier alpha value is -2.71. The molecule has 1 heterocycles. The van der Waals surface area contributed by atoms with Crippen molar-refractivity contribution in [3.05, 3.63) is 69.8 Å². The molecular formula is C24H22ClF3N2. The van der Waals surface area contributed by atoms with Crippen molar-refractivity contribution in [2.75, 3.05) is 11.4 Å². The highest BCUT2D eigenvalue weighted by atomic mass is 35.5. The van der Waals surface area contributed by atoms with Crippen LogP contribution in [0, 0.1) is 11.3 Å². The molecule has 6 heteroatoms. The highest BCUT2D eigenvalue weighted by molar-refractivity contribution is 6.32. The lowest BCUT2D eigenvalue weighted by Gasteiger charge is -2.43. The number of likely N-dealkylation sites (N-methyl/N-ethyl adjacent to an activating group) is 1. The molecule has 0 atom stereocenters. The Balaban J connectivity index is 2.07. The van der Waals surface area contributed by atoms with E-state index in [9.17, 15) is 18.4 Å². The zero-order valence-corrected chi connectivity index (χ0v) is 18.0. The molecule has 30 heavy (non-hydrogen) atoms. The van der Waals surface area contributed by atoms with Crippen molar-refractivity contribution >= 4 is 34.5 Å². The highest BCUT2D eigenvalue weighted by Gasteiger charge is 2.31. The summed E-state index contributed by atoms with van der Waals surface area (Å²) in [7, 11) is 0. The van der Waals surface area contributed by atoms with Crippen LogP contribution in [0.1, 0.15) is 49.9 Å². The maximum atomic E-state index is 12.8. The molecule has 2 nitrogen and oxygen atoms in total.